The maximum Gasteiger partial charge on any atom is 0.244 e. The second kappa shape index (κ2) is 5.25. The number of nitrogens with one attached hydrogen (secondary N) is 1. The zero-order valence-electron chi connectivity index (χ0n) is 12.1. The van der Waals surface area contributed by atoms with Crippen LogP contribution in [0, 0.1) is 13.8 Å². The second-order valence-corrected chi connectivity index (χ2v) is 5.24. The molecule has 1 aromatic heterocycles. The Bertz CT molecular complexity index is 592. The van der Waals surface area contributed by atoms with Gasteiger partial charge in [0.1, 0.15) is 5.75 Å². The van der Waals surface area contributed by atoms with E-state index in [9.17, 15) is 0 Å². The molecule has 0 radical (unpaired) electrons. The lowest BCUT2D eigenvalue weighted by molar-refractivity contribution is 0.345. The van der Waals surface area contributed by atoms with Crippen LogP contribution in [0.5, 0.6) is 5.75 Å². The van der Waals surface area contributed by atoms with Crippen molar-refractivity contribution in [2.75, 3.05) is 13.7 Å². The Morgan fingerprint density at radius 1 is 1.30 bits per heavy atom. The van der Waals surface area contributed by atoms with Crippen molar-refractivity contribution >= 4 is 0 Å². The molecule has 1 fully saturated rings. The molecular formula is C15H19N3O2. The topological polar surface area (TPSA) is 60.2 Å². The van der Waals surface area contributed by atoms with Gasteiger partial charge in [-0.15, -0.1) is 0 Å². The van der Waals surface area contributed by atoms with Crippen LogP contribution in [-0.2, 0) is 0 Å². The molecule has 1 aliphatic heterocycles. The van der Waals surface area contributed by atoms with E-state index in [1.54, 1.807) is 7.11 Å². The summed E-state index contributed by atoms with van der Waals surface area (Å²) in [6, 6.07) is 4.19. The average Bonchev–Trinajstić information content (AvgIpc) is 3.08. The van der Waals surface area contributed by atoms with Crippen LogP contribution >= 0.6 is 0 Å². The summed E-state index contributed by atoms with van der Waals surface area (Å²) in [4.78, 5) is 4.56. The van der Waals surface area contributed by atoms with Gasteiger partial charge in [-0.2, -0.15) is 4.98 Å². The molecule has 1 aromatic carbocycles. The molecule has 5 nitrogen and oxygen atoms in total. The number of nitrogens with zero attached hydrogens (tertiary/aromatic N) is 2. The molecule has 2 aromatic rings. The molecule has 0 amide bonds. The highest BCUT2D eigenvalue weighted by Crippen LogP contribution is 2.30. The predicted molar refractivity (Wildman–Crippen MR) is 75.7 cm³/mol. The number of hydrogen-bond acceptors (Lipinski definition) is 5. The van der Waals surface area contributed by atoms with Crippen molar-refractivity contribution in [3.8, 4) is 17.1 Å². The van der Waals surface area contributed by atoms with Gasteiger partial charge in [0, 0.05) is 5.56 Å². The first kappa shape index (κ1) is 13.1. The molecule has 3 rings (SSSR count). The first-order chi connectivity index (χ1) is 9.69. The van der Waals surface area contributed by atoms with Crippen LogP contribution in [0.25, 0.3) is 11.4 Å². The molecule has 1 saturated heterocycles. The maximum absolute atomic E-state index is 5.41. The molecular weight excluding hydrogens is 254 g/mol. The van der Waals surface area contributed by atoms with Gasteiger partial charge in [-0.05, 0) is 56.5 Å². The third-order valence-corrected chi connectivity index (χ3v) is 3.77. The minimum atomic E-state index is 0.204. The summed E-state index contributed by atoms with van der Waals surface area (Å²) in [7, 11) is 1.67. The highest BCUT2D eigenvalue weighted by atomic mass is 16.5. The SMILES string of the molecule is COc1cc(C)c(-c2noc([C@@H]3CCCN3)n2)c(C)c1. The number of aryl methyl sites for hydroxylation is 2. The van der Waals surface area contributed by atoms with Crippen molar-refractivity contribution in [3.05, 3.63) is 29.2 Å². The Hall–Kier alpha value is -1.88. The molecule has 106 valence electrons. The lowest BCUT2D eigenvalue weighted by Crippen LogP contribution is -2.13. The molecule has 0 spiro atoms. The maximum atomic E-state index is 5.41. The lowest BCUT2D eigenvalue weighted by atomic mass is 10.0. The summed E-state index contributed by atoms with van der Waals surface area (Å²) in [5.41, 5.74) is 3.21. The van der Waals surface area contributed by atoms with Gasteiger partial charge in [-0.25, -0.2) is 0 Å². The highest BCUT2D eigenvalue weighted by molar-refractivity contribution is 5.65. The van der Waals surface area contributed by atoms with Crippen LogP contribution in [-0.4, -0.2) is 23.8 Å². The first-order valence-electron chi connectivity index (χ1n) is 6.91. The van der Waals surface area contributed by atoms with Crippen molar-refractivity contribution in [1.82, 2.24) is 15.5 Å². The Morgan fingerprint density at radius 3 is 2.65 bits per heavy atom. The first-order valence-corrected chi connectivity index (χ1v) is 6.91. The van der Waals surface area contributed by atoms with Gasteiger partial charge in [0.25, 0.3) is 0 Å². The molecule has 0 aliphatic carbocycles. The van der Waals surface area contributed by atoms with E-state index in [0.29, 0.717) is 11.7 Å². The molecule has 1 atom stereocenters. The summed E-state index contributed by atoms with van der Waals surface area (Å²) in [5.74, 6) is 2.20. The van der Waals surface area contributed by atoms with Crippen LogP contribution in [0.1, 0.15) is 35.9 Å². The van der Waals surface area contributed by atoms with Crippen molar-refractivity contribution in [2.24, 2.45) is 0 Å². The summed E-state index contributed by atoms with van der Waals surface area (Å²) in [6.07, 6.45) is 2.21. The van der Waals surface area contributed by atoms with E-state index in [1.165, 1.54) is 0 Å². The molecule has 5 heteroatoms. The van der Waals surface area contributed by atoms with E-state index in [-0.39, 0.29) is 6.04 Å². The van der Waals surface area contributed by atoms with E-state index < -0.39 is 0 Å². The lowest BCUT2D eigenvalue weighted by Gasteiger charge is -2.08. The fraction of sp³-hybridized carbons (Fsp3) is 0.467. The number of benzene rings is 1. The summed E-state index contributed by atoms with van der Waals surface area (Å²) in [5, 5.41) is 7.51. The Balaban J connectivity index is 1.96. The van der Waals surface area contributed by atoms with Gasteiger partial charge in [-0.3, -0.25) is 0 Å². The van der Waals surface area contributed by atoms with Gasteiger partial charge in [-0.1, -0.05) is 5.16 Å². The van der Waals surface area contributed by atoms with Crippen molar-refractivity contribution in [3.63, 3.8) is 0 Å². The van der Waals surface area contributed by atoms with Crippen molar-refractivity contribution in [2.45, 2.75) is 32.7 Å². The molecule has 1 aliphatic rings. The number of rotatable bonds is 3. The van der Waals surface area contributed by atoms with Gasteiger partial charge in [0.2, 0.25) is 11.7 Å². The van der Waals surface area contributed by atoms with E-state index in [0.717, 1.165) is 41.8 Å². The van der Waals surface area contributed by atoms with Crippen molar-refractivity contribution in [1.29, 1.82) is 0 Å². The van der Waals surface area contributed by atoms with Crippen LogP contribution < -0.4 is 10.1 Å². The number of methoxy groups -OCH3 is 1. The van der Waals surface area contributed by atoms with Gasteiger partial charge >= 0.3 is 0 Å². The summed E-state index contributed by atoms with van der Waals surface area (Å²) >= 11 is 0. The number of ether oxygens (including phenoxy) is 1. The summed E-state index contributed by atoms with van der Waals surface area (Å²) in [6.45, 7) is 5.09. The molecule has 0 unspecified atom stereocenters. The normalized spacial score (nSPS) is 18.4. The van der Waals surface area contributed by atoms with Crippen LogP contribution in [0.4, 0.5) is 0 Å². The van der Waals surface area contributed by atoms with Gasteiger partial charge in [0.15, 0.2) is 0 Å². The van der Waals surface area contributed by atoms with Crippen LogP contribution in [0.3, 0.4) is 0 Å². The number of aromatic nitrogens is 2. The monoisotopic (exact) mass is 273 g/mol. The standard InChI is InChI=1S/C15H19N3O2/c1-9-7-11(19-3)8-10(2)13(9)14-17-15(20-18-14)12-5-4-6-16-12/h7-8,12,16H,4-6H2,1-3H3/t12-/m0/s1. The zero-order chi connectivity index (χ0) is 14.1. The quantitative estimate of drug-likeness (QED) is 0.931. The summed E-state index contributed by atoms with van der Waals surface area (Å²) < 4.78 is 10.7. The van der Waals surface area contributed by atoms with Crippen LogP contribution in [0.15, 0.2) is 16.7 Å². The predicted octanol–water partition coefficient (Wildman–Crippen LogP) is 2.79. The molecule has 20 heavy (non-hydrogen) atoms. The third-order valence-electron chi connectivity index (χ3n) is 3.77. The number of hydrogen-bond donors (Lipinski definition) is 1. The Kier molecular flexibility index (Phi) is 3.44. The fourth-order valence-electron chi connectivity index (χ4n) is 2.77. The molecule has 1 N–H and O–H groups in total. The molecule has 0 bridgehead atoms. The Labute approximate surface area is 118 Å². The van der Waals surface area contributed by atoms with Crippen molar-refractivity contribution < 1.29 is 9.26 Å². The van der Waals surface area contributed by atoms with E-state index in [1.807, 2.05) is 26.0 Å². The largest absolute Gasteiger partial charge is 0.497 e. The van der Waals surface area contributed by atoms with Crippen LogP contribution in [0.2, 0.25) is 0 Å². The molecule has 2 heterocycles. The van der Waals surface area contributed by atoms with Gasteiger partial charge in [0.05, 0.1) is 13.2 Å². The molecule has 0 saturated carbocycles. The van der Waals surface area contributed by atoms with E-state index in [2.05, 4.69) is 15.5 Å². The Morgan fingerprint density at radius 2 is 2.05 bits per heavy atom. The second-order valence-electron chi connectivity index (χ2n) is 5.24. The van der Waals surface area contributed by atoms with Gasteiger partial charge < -0.3 is 14.6 Å². The minimum absolute atomic E-state index is 0.204. The minimum Gasteiger partial charge on any atom is -0.497 e. The van der Waals surface area contributed by atoms with E-state index >= 15 is 0 Å². The van der Waals surface area contributed by atoms with E-state index in [4.69, 9.17) is 9.26 Å². The smallest absolute Gasteiger partial charge is 0.244 e. The highest BCUT2D eigenvalue weighted by Gasteiger charge is 2.23. The zero-order valence-corrected chi connectivity index (χ0v) is 12.1. The average molecular weight is 273 g/mol. The third kappa shape index (κ3) is 2.29. The fourth-order valence-corrected chi connectivity index (χ4v) is 2.77.